The van der Waals surface area contributed by atoms with Crippen LogP contribution in [-0.4, -0.2) is 37.5 Å². The molecule has 1 N–H and O–H groups in total. The van der Waals surface area contributed by atoms with Crippen LogP contribution in [0.5, 0.6) is 0 Å². The minimum Gasteiger partial charge on any atom is -0.457 e. The number of hydrogen-bond acceptors (Lipinski definition) is 3. The molecule has 5 heteroatoms. The Bertz CT molecular complexity index is 397. The maximum absolute atomic E-state index is 12.2. The van der Waals surface area contributed by atoms with Crippen LogP contribution in [0.3, 0.4) is 0 Å². The van der Waals surface area contributed by atoms with Gasteiger partial charge < -0.3 is 14.6 Å². The first-order valence-electron chi connectivity index (χ1n) is 6.39. The van der Waals surface area contributed by atoms with Crippen molar-refractivity contribution in [1.29, 1.82) is 0 Å². The van der Waals surface area contributed by atoms with Crippen LogP contribution in [0.2, 0.25) is 0 Å². The highest BCUT2D eigenvalue weighted by Gasteiger charge is 2.25. The maximum atomic E-state index is 12.2. The average molecular weight is 315 g/mol. The van der Waals surface area contributed by atoms with Crippen molar-refractivity contribution in [1.82, 2.24) is 10.2 Å². The standard InChI is InChI=1S/C13H19BrN2O2/c1-15-6-2-10-3-7-16(8-4-10)13(17)11-5-9-18-12(11)14/h5,9-10,15H,2-4,6-8H2,1H3. The molecular weight excluding hydrogens is 296 g/mol. The highest BCUT2D eigenvalue weighted by atomic mass is 79.9. The average Bonchev–Trinajstić information content (AvgIpc) is 2.82. The maximum Gasteiger partial charge on any atom is 0.258 e. The van der Waals surface area contributed by atoms with Crippen LogP contribution in [0.25, 0.3) is 0 Å². The van der Waals surface area contributed by atoms with Gasteiger partial charge in [-0.25, -0.2) is 0 Å². The molecule has 0 spiro atoms. The van der Waals surface area contributed by atoms with Gasteiger partial charge in [0.1, 0.15) is 0 Å². The molecule has 4 nitrogen and oxygen atoms in total. The van der Waals surface area contributed by atoms with Crippen molar-refractivity contribution in [2.24, 2.45) is 5.92 Å². The summed E-state index contributed by atoms with van der Waals surface area (Å²) in [6.45, 7) is 2.77. The van der Waals surface area contributed by atoms with E-state index in [1.54, 1.807) is 6.07 Å². The first-order chi connectivity index (χ1) is 8.72. The smallest absolute Gasteiger partial charge is 0.258 e. The Balaban J connectivity index is 1.86. The molecule has 0 aliphatic carbocycles. The molecule has 0 saturated carbocycles. The third kappa shape index (κ3) is 3.14. The van der Waals surface area contributed by atoms with Gasteiger partial charge in [-0.05, 0) is 60.8 Å². The van der Waals surface area contributed by atoms with Gasteiger partial charge in [-0.1, -0.05) is 0 Å². The van der Waals surface area contributed by atoms with Crippen molar-refractivity contribution in [3.63, 3.8) is 0 Å². The molecule has 0 bridgehead atoms. The summed E-state index contributed by atoms with van der Waals surface area (Å²) in [6.07, 6.45) is 4.94. The Morgan fingerprint density at radius 2 is 2.28 bits per heavy atom. The summed E-state index contributed by atoms with van der Waals surface area (Å²) in [7, 11) is 1.98. The fourth-order valence-corrected chi connectivity index (χ4v) is 2.80. The second-order valence-electron chi connectivity index (χ2n) is 4.74. The van der Waals surface area contributed by atoms with Gasteiger partial charge in [0.25, 0.3) is 5.91 Å². The van der Waals surface area contributed by atoms with E-state index in [0.717, 1.165) is 38.4 Å². The quantitative estimate of drug-likeness (QED) is 0.928. The van der Waals surface area contributed by atoms with Gasteiger partial charge >= 0.3 is 0 Å². The Morgan fingerprint density at radius 1 is 1.56 bits per heavy atom. The minimum atomic E-state index is 0.0719. The molecule has 18 heavy (non-hydrogen) atoms. The van der Waals surface area contributed by atoms with E-state index in [1.165, 1.54) is 12.7 Å². The Kier molecular flexibility index (Phi) is 4.83. The van der Waals surface area contributed by atoms with Crippen molar-refractivity contribution in [3.8, 4) is 0 Å². The highest BCUT2D eigenvalue weighted by molar-refractivity contribution is 9.10. The number of rotatable bonds is 4. The SMILES string of the molecule is CNCCC1CCN(C(=O)c2ccoc2Br)CC1. The van der Waals surface area contributed by atoms with Crippen LogP contribution in [0.15, 0.2) is 21.4 Å². The van der Waals surface area contributed by atoms with E-state index >= 15 is 0 Å². The number of nitrogens with one attached hydrogen (secondary N) is 1. The van der Waals surface area contributed by atoms with Gasteiger partial charge in [-0.3, -0.25) is 4.79 Å². The third-order valence-corrected chi connectivity index (χ3v) is 4.17. The van der Waals surface area contributed by atoms with Gasteiger partial charge in [0.2, 0.25) is 0 Å². The lowest BCUT2D eigenvalue weighted by molar-refractivity contribution is 0.0685. The fourth-order valence-electron chi connectivity index (χ4n) is 2.39. The van der Waals surface area contributed by atoms with Crippen LogP contribution >= 0.6 is 15.9 Å². The number of furan rings is 1. The third-order valence-electron chi connectivity index (χ3n) is 3.55. The van der Waals surface area contributed by atoms with E-state index in [2.05, 4.69) is 21.2 Å². The summed E-state index contributed by atoms with van der Waals surface area (Å²) in [5.41, 5.74) is 0.628. The van der Waals surface area contributed by atoms with E-state index in [4.69, 9.17) is 4.42 Å². The van der Waals surface area contributed by atoms with Crippen LogP contribution in [0, 0.1) is 5.92 Å². The van der Waals surface area contributed by atoms with Crippen LogP contribution in [0.4, 0.5) is 0 Å². The Labute approximate surface area is 116 Å². The molecular formula is C13H19BrN2O2. The van der Waals surface area contributed by atoms with Gasteiger partial charge in [0.05, 0.1) is 11.8 Å². The molecule has 1 amide bonds. The van der Waals surface area contributed by atoms with Crippen LogP contribution < -0.4 is 5.32 Å². The van der Waals surface area contributed by atoms with E-state index in [1.807, 2.05) is 11.9 Å². The molecule has 0 aromatic carbocycles. The lowest BCUT2D eigenvalue weighted by Crippen LogP contribution is -2.38. The number of halogens is 1. The molecule has 0 radical (unpaired) electrons. The van der Waals surface area contributed by atoms with Crippen molar-refractivity contribution in [2.45, 2.75) is 19.3 Å². The number of amides is 1. The molecule has 0 unspecified atom stereocenters. The number of nitrogens with zero attached hydrogens (tertiary/aromatic N) is 1. The topological polar surface area (TPSA) is 45.5 Å². The van der Waals surface area contributed by atoms with Gasteiger partial charge in [0, 0.05) is 13.1 Å². The molecule has 1 saturated heterocycles. The summed E-state index contributed by atoms with van der Waals surface area (Å²) in [4.78, 5) is 14.1. The Morgan fingerprint density at radius 3 is 2.83 bits per heavy atom. The fraction of sp³-hybridized carbons (Fsp3) is 0.615. The van der Waals surface area contributed by atoms with Gasteiger partial charge in [-0.2, -0.15) is 0 Å². The summed E-state index contributed by atoms with van der Waals surface area (Å²) in [6, 6.07) is 1.72. The molecule has 2 heterocycles. The molecule has 1 fully saturated rings. The van der Waals surface area contributed by atoms with Crippen molar-refractivity contribution < 1.29 is 9.21 Å². The molecule has 100 valence electrons. The molecule has 2 rings (SSSR count). The van der Waals surface area contributed by atoms with E-state index in [-0.39, 0.29) is 5.91 Å². The van der Waals surface area contributed by atoms with E-state index in [0.29, 0.717) is 10.2 Å². The second-order valence-corrected chi connectivity index (χ2v) is 5.46. The zero-order valence-electron chi connectivity index (χ0n) is 10.6. The summed E-state index contributed by atoms with van der Waals surface area (Å²) in [5.74, 6) is 0.817. The summed E-state index contributed by atoms with van der Waals surface area (Å²) in [5, 5.41) is 3.18. The minimum absolute atomic E-state index is 0.0719. The molecule has 0 atom stereocenters. The molecule has 1 aliphatic rings. The number of piperidine rings is 1. The Hall–Kier alpha value is -0.810. The van der Waals surface area contributed by atoms with Crippen molar-refractivity contribution >= 4 is 21.8 Å². The van der Waals surface area contributed by atoms with Gasteiger partial charge in [0.15, 0.2) is 4.67 Å². The largest absolute Gasteiger partial charge is 0.457 e. The zero-order chi connectivity index (χ0) is 13.0. The molecule has 1 aromatic heterocycles. The zero-order valence-corrected chi connectivity index (χ0v) is 12.2. The number of hydrogen-bond donors (Lipinski definition) is 1. The second kappa shape index (κ2) is 6.38. The lowest BCUT2D eigenvalue weighted by Gasteiger charge is -2.31. The van der Waals surface area contributed by atoms with Crippen molar-refractivity contribution in [2.75, 3.05) is 26.7 Å². The number of carbonyl (C=O) groups is 1. The normalized spacial score (nSPS) is 17.1. The highest BCUT2D eigenvalue weighted by Crippen LogP contribution is 2.24. The summed E-state index contributed by atoms with van der Waals surface area (Å²) < 4.78 is 5.64. The van der Waals surface area contributed by atoms with Gasteiger partial charge in [-0.15, -0.1) is 0 Å². The van der Waals surface area contributed by atoms with Crippen LogP contribution in [0.1, 0.15) is 29.6 Å². The molecule has 1 aromatic rings. The van der Waals surface area contributed by atoms with E-state index in [9.17, 15) is 4.79 Å². The number of carbonyl (C=O) groups excluding carboxylic acids is 1. The summed E-state index contributed by atoms with van der Waals surface area (Å²) >= 11 is 3.26. The van der Waals surface area contributed by atoms with Crippen molar-refractivity contribution in [3.05, 3.63) is 22.6 Å². The lowest BCUT2D eigenvalue weighted by atomic mass is 9.93. The predicted molar refractivity (Wildman–Crippen MR) is 73.6 cm³/mol. The van der Waals surface area contributed by atoms with E-state index < -0.39 is 0 Å². The monoisotopic (exact) mass is 314 g/mol. The van der Waals surface area contributed by atoms with Crippen LogP contribution in [-0.2, 0) is 0 Å². The molecule has 1 aliphatic heterocycles. The first-order valence-corrected chi connectivity index (χ1v) is 7.18. The predicted octanol–water partition coefficient (Wildman–Crippen LogP) is 2.50. The first kappa shape index (κ1) is 13.6. The number of likely N-dealkylation sites (tertiary alicyclic amines) is 1.